The first-order valence-electron chi connectivity index (χ1n) is 8.76. The molecule has 0 saturated carbocycles. The van der Waals surface area contributed by atoms with E-state index in [2.05, 4.69) is 45.8 Å². The van der Waals surface area contributed by atoms with Crippen molar-refractivity contribution in [3.05, 3.63) is 87.8 Å². The molecule has 2 heterocycles. The summed E-state index contributed by atoms with van der Waals surface area (Å²) in [5.41, 5.74) is 4.23. The molecule has 2 aromatic carbocycles. The molecule has 1 aliphatic heterocycles. The van der Waals surface area contributed by atoms with Crippen molar-refractivity contribution in [3.8, 4) is 11.1 Å². The van der Waals surface area contributed by atoms with Gasteiger partial charge in [-0.15, -0.1) is 0 Å². The quantitative estimate of drug-likeness (QED) is 0.523. The van der Waals surface area contributed by atoms with E-state index < -0.39 is 0 Å². The Morgan fingerprint density at radius 2 is 1.92 bits per heavy atom. The van der Waals surface area contributed by atoms with Gasteiger partial charge in [-0.3, -0.25) is 9.78 Å². The number of carbonyl (C=O) groups excluding carboxylic acids is 1. The molecule has 3 nitrogen and oxygen atoms in total. The number of amides is 1. The largest absolute Gasteiger partial charge is 0.338 e. The van der Waals surface area contributed by atoms with Crippen molar-refractivity contribution < 1.29 is 4.79 Å². The molecule has 1 amide bonds. The molecule has 1 aromatic heterocycles. The Morgan fingerprint density at radius 1 is 1.08 bits per heavy atom. The highest BCUT2D eigenvalue weighted by molar-refractivity contribution is 14.1. The molecular weight excluding hydrogens is 435 g/mol. The SMILES string of the molecule is O=C(c1ccc(I)c(-c2ccccc2)c1)N1CCC(c2cccnc2)C1. The van der Waals surface area contributed by atoms with Crippen LogP contribution in [0.25, 0.3) is 11.1 Å². The van der Waals surface area contributed by atoms with Gasteiger partial charge >= 0.3 is 0 Å². The molecule has 4 heteroatoms. The van der Waals surface area contributed by atoms with Crippen molar-refractivity contribution in [1.29, 1.82) is 0 Å². The molecule has 1 aliphatic rings. The van der Waals surface area contributed by atoms with Crippen molar-refractivity contribution in [2.45, 2.75) is 12.3 Å². The van der Waals surface area contributed by atoms with Crippen molar-refractivity contribution >= 4 is 28.5 Å². The van der Waals surface area contributed by atoms with Gasteiger partial charge in [0, 0.05) is 40.5 Å². The first kappa shape index (κ1) is 17.2. The fourth-order valence-corrected chi connectivity index (χ4v) is 4.16. The molecule has 1 fully saturated rings. The lowest BCUT2D eigenvalue weighted by atomic mass is 10.0. The smallest absolute Gasteiger partial charge is 0.253 e. The maximum Gasteiger partial charge on any atom is 0.253 e. The number of hydrogen-bond donors (Lipinski definition) is 0. The molecular formula is C22H19IN2O. The highest BCUT2D eigenvalue weighted by Crippen LogP contribution is 2.30. The summed E-state index contributed by atoms with van der Waals surface area (Å²) >= 11 is 2.33. The van der Waals surface area contributed by atoms with E-state index in [9.17, 15) is 4.79 Å². The number of likely N-dealkylation sites (tertiary alicyclic amines) is 1. The Labute approximate surface area is 167 Å². The van der Waals surface area contributed by atoms with Crippen LogP contribution >= 0.6 is 22.6 Å². The van der Waals surface area contributed by atoms with E-state index in [4.69, 9.17) is 0 Å². The van der Waals surface area contributed by atoms with Crippen molar-refractivity contribution in [3.63, 3.8) is 0 Å². The maximum absolute atomic E-state index is 13.0. The van der Waals surface area contributed by atoms with Gasteiger partial charge in [0.2, 0.25) is 0 Å². The molecule has 130 valence electrons. The molecule has 1 unspecified atom stereocenters. The lowest BCUT2D eigenvalue weighted by Crippen LogP contribution is -2.28. The molecule has 0 radical (unpaired) electrons. The topological polar surface area (TPSA) is 33.2 Å². The predicted octanol–water partition coefficient (Wildman–Crippen LogP) is 4.98. The van der Waals surface area contributed by atoms with Crippen LogP contribution in [0.5, 0.6) is 0 Å². The zero-order valence-corrected chi connectivity index (χ0v) is 16.5. The number of benzene rings is 2. The van der Waals surface area contributed by atoms with Gasteiger partial charge < -0.3 is 4.90 Å². The van der Waals surface area contributed by atoms with Gasteiger partial charge in [-0.1, -0.05) is 36.4 Å². The molecule has 4 rings (SSSR count). The van der Waals surface area contributed by atoms with Crippen LogP contribution in [-0.2, 0) is 0 Å². The average molecular weight is 454 g/mol. The summed E-state index contributed by atoms with van der Waals surface area (Å²) in [5, 5.41) is 0. The summed E-state index contributed by atoms with van der Waals surface area (Å²) in [4.78, 5) is 19.2. The van der Waals surface area contributed by atoms with E-state index in [0.29, 0.717) is 5.92 Å². The maximum atomic E-state index is 13.0. The van der Waals surface area contributed by atoms with Gasteiger partial charge in [0.1, 0.15) is 0 Å². The van der Waals surface area contributed by atoms with E-state index in [-0.39, 0.29) is 5.91 Å². The molecule has 1 atom stereocenters. The summed E-state index contributed by atoms with van der Waals surface area (Å²) in [6.45, 7) is 1.56. The summed E-state index contributed by atoms with van der Waals surface area (Å²) < 4.78 is 1.15. The third kappa shape index (κ3) is 3.51. The van der Waals surface area contributed by atoms with E-state index in [1.807, 2.05) is 53.6 Å². The van der Waals surface area contributed by atoms with Crippen molar-refractivity contribution in [2.75, 3.05) is 13.1 Å². The number of rotatable bonds is 3. The first-order chi connectivity index (χ1) is 12.7. The second-order valence-corrected chi connectivity index (χ2v) is 7.75. The first-order valence-corrected chi connectivity index (χ1v) is 9.84. The Hall–Kier alpha value is -2.21. The monoisotopic (exact) mass is 454 g/mol. The summed E-state index contributed by atoms with van der Waals surface area (Å²) in [6.07, 6.45) is 4.70. The Kier molecular flexibility index (Phi) is 5.02. The third-order valence-corrected chi connectivity index (χ3v) is 5.87. The Bertz CT molecular complexity index is 912. The number of carbonyl (C=O) groups is 1. The van der Waals surface area contributed by atoms with Gasteiger partial charge in [0.05, 0.1) is 0 Å². The van der Waals surface area contributed by atoms with E-state index in [1.165, 1.54) is 5.56 Å². The number of nitrogens with zero attached hydrogens (tertiary/aromatic N) is 2. The van der Waals surface area contributed by atoms with Crippen LogP contribution in [0.4, 0.5) is 0 Å². The van der Waals surface area contributed by atoms with Gasteiger partial charge in [0.25, 0.3) is 5.91 Å². The molecule has 0 bridgehead atoms. The molecule has 0 spiro atoms. The molecule has 26 heavy (non-hydrogen) atoms. The van der Waals surface area contributed by atoms with Crippen LogP contribution in [0.2, 0.25) is 0 Å². The normalized spacial score (nSPS) is 16.7. The Balaban J connectivity index is 1.56. The molecule has 0 aliphatic carbocycles. The minimum atomic E-state index is 0.116. The second kappa shape index (κ2) is 7.58. The molecule has 3 aromatic rings. The number of halogens is 1. The van der Waals surface area contributed by atoms with E-state index >= 15 is 0 Å². The van der Waals surface area contributed by atoms with E-state index in [0.717, 1.165) is 39.8 Å². The second-order valence-electron chi connectivity index (χ2n) is 6.58. The molecule has 0 N–H and O–H groups in total. The van der Waals surface area contributed by atoms with Crippen LogP contribution in [0.3, 0.4) is 0 Å². The summed E-state index contributed by atoms with van der Waals surface area (Å²) in [7, 11) is 0. The van der Waals surface area contributed by atoms with Gasteiger partial charge in [-0.05, 0) is 70.0 Å². The highest BCUT2D eigenvalue weighted by atomic mass is 127. The highest BCUT2D eigenvalue weighted by Gasteiger charge is 2.28. The van der Waals surface area contributed by atoms with Crippen LogP contribution in [0, 0.1) is 3.57 Å². The molecule has 1 saturated heterocycles. The third-order valence-electron chi connectivity index (χ3n) is 4.93. The van der Waals surface area contributed by atoms with Gasteiger partial charge in [-0.2, -0.15) is 0 Å². The zero-order valence-electron chi connectivity index (χ0n) is 14.3. The van der Waals surface area contributed by atoms with Crippen LogP contribution in [-0.4, -0.2) is 28.9 Å². The van der Waals surface area contributed by atoms with Crippen molar-refractivity contribution in [2.24, 2.45) is 0 Å². The standard InChI is InChI=1S/C22H19IN2O/c23-21-9-8-17(13-20(21)16-5-2-1-3-6-16)22(26)25-12-10-19(15-25)18-7-4-11-24-14-18/h1-9,11,13-14,19H,10,12,15H2. The average Bonchev–Trinajstić information content (AvgIpc) is 3.19. The number of pyridine rings is 1. The Morgan fingerprint density at radius 3 is 2.69 bits per heavy atom. The van der Waals surface area contributed by atoms with Gasteiger partial charge in [-0.25, -0.2) is 0 Å². The summed E-state index contributed by atoms with van der Waals surface area (Å²) in [5.74, 6) is 0.495. The lowest BCUT2D eigenvalue weighted by molar-refractivity contribution is 0.0791. The van der Waals surface area contributed by atoms with Gasteiger partial charge in [0.15, 0.2) is 0 Å². The number of hydrogen-bond acceptors (Lipinski definition) is 2. The predicted molar refractivity (Wildman–Crippen MR) is 112 cm³/mol. The zero-order chi connectivity index (χ0) is 17.9. The lowest BCUT2D eigenvalue weighted by Gasteiger charge is -2.18. The number of aromatic nitrogens is 1. The fourth-order valence-electron chi connectivity index (χ4n) is 3.51. The van der Waals surface area contributed by atoms with Crippen LogP contribution in [0.15, 0.2) is 73.1 Å². The van der Waals surface area contributed by atoms with Crippen LogP contribution < -0.4 is 0 Å². The minimum Gasteiger partial charge on any atom is -0.338 e. The van der Waals surface area contributed by atoms with E-state index in [1.54, 1.807) is 6.20 Å². The minimum absolute atomic E-state index is 0.116. The fraction of sp³-hybridized carbons (Fsp3) is 0.182. The van der Waals surface area contributed by atoms with Crippen molar-refractivity contribution in [1.82, 2.24) is 9.88 Å². The summed E-state index contributed by atoms with van der Waals surface area (Å²) in [6, 6.07) is 20.3. The van der Waals surface area contributed by atoms with Crippen LogP contribution in [0.1, 0.15) is 28.3 Å².